The van der Waals surface area contributed by atoms with Gasteiger partial charge >= 0.3 is 0 Å². The first kappa shape index (κ1) is 19.2. The van der Waals surface area contributed by atoms with Crippen molar-refractivity contribution in [3.63, 3.8) is 0 Å². The number of carbonyl (C=O) groups is 1. The van der Waals surface area contributed by atoms with Gasteiger partial charge in [-0.1, -0.05) is 13.0 Å². The lowest BCUT2D eigenvalue weighted by atomic mass is 9.83. The highest BCUT2D eigenvalue weighted by molar-refractivity contribution is 5.92. The van der Waals surface area contributed by atoms with E-state index in [-0.39, 0.29) is 36.1 Å². The van der Waals surface area contributed by atoms with Crippen molar-refractivity contribution in [2.24, 2.45) is 5.41 Å². The third-order valence-electron chi connectivity index (χ3n) is 3.48. The number of pyridine rings is 1. The zero-order valence-electron chi connectivity index (χ0n) is 11.9. The van der Waals surface area contributed by atoms with Gasteiger partial charge in [-0.25, -0.2) is 4.98 Å². The number of rotatable bonds is 3. The molecule has 1 aliphatic rings. The second-order valence-corrected chi connectivity index (χ2v) is 5.44. The maximum absolute atomic E-state index is 12.0. The van der Waals surface area contributed by atoms with Gasteiger partial charge in [0, 0.05) is 18.8 Å². The van der Waals surface area contributed by atoms with Crippen LogP contribution in [0, 0.1) is 12.3 Å². The number of hydrogen-bond acceptors (Lipinski definition) is 3. The van der Waals surface area contributed by atoms with E-state index >= 15 is 0 Å². The summed E-state index contributed by atoms with van der Waals surface area (Å²) in [7, 11) is 0. The molecule has 0 aromatic carbocycles. The Hall–Kier alpha value is -0.840. The number of halogens is 2. The molecule has 1 amide bonds. The highest BCUT2D eigenvalue weighted by atomic mass is 35.5. The Bertz CT molecular complexity index is 434. The van der Waals surface area contributed by atoms with E-state index in [2.05, 4.69) is 22.5 Å². The average Bonchev–Trinajstić information content (AvgIpc) is 2.37. The number of hydrogen-bond donors (Lipinski definition) is 2. The van der Waals surface area contributed by atoms with Crippen molar-refractivity contribution in [2.75, 3.05) is 19.6 Å². The molecule has 1 aliphatic heterocycles. The van der Waals surface area contributed by atoms with E-state index in [4.69, 9.17) is 0 Å². The van der Waals surface area contributed by atoms with E-state index in [1.165, 1.54) is 6.42 Å². The van der Waals surface area contributed by atoms with E-state index in [1.54, 1.807) is 6.07 Å². The number of carbonyl (C=O) groups excluding carboxylic acids is 1. The quantitative estimate of drug-likeness (QED) is 0.899. The molecule has 4 nitrogen and oxygen atoms in total. The van der Waals surface area contributed by atoms with Crippen LogP contribution in [0.4, 0.5) is 0 Å². The third kappa shape index (κ3) is 5.27. The first-order chi connectivity index (χ1) is 8.59. The predicted octanol–water partition coefficient (Wildman–Crippen LogP) is 2.35. The minimum absolute atomic E-state index is 0. The van der Waals surface area contributed by atoms with E-state index in [0.717, 1.165) is 25.2 Å². The summed E-state index contributed by atoms with van der Waals surface area (Å²) in [6, 6.07) is 5.51. The van der Waals surface area contributed by atoms with E-state index < -0.39 is 0 Å². The second-order valence-electron chi connectivity index (χ2n) is 5.44. The Morgan fingerprint density at radius 2 is 2.20 bits per heavy atom. The zero-order valence-corrected chi connectivity index (χ0v) is 13.6. The fourth-order valence-corrected chi connectivity index (χ4v) is 2.32. The first-order valence-electron chi connectivity index (χ1n) is 6.52. The predicted molar refractivity (Wildman–Crippen MR) is 86.0 cm³/mol. The van der Waals surface area contributed by atoms with Crippen LogP contribution in [-0.4, -0.2) is 30.5 Å². The Labute approximate surface area is 132 Å². The Morgan fingerprint density at radius 1 is 1.45 bits per heavy atom. The van der Waals surface area contributed by atoms with Gasteiger partial charge in [-0.05, 0) is 43.9 Å². The normalized spacial score (nSPS) is 21.3. The molecule has 0 bridgehead atoms. The average molecular weight is 320 g/mol. The minimum atomic E-state index is -0.0782. The second kappa shape index (κ2) is 8.45. The fraction of sp³-hybridized carbons (Fsp3) is 0.571. The van der Waals surface area contributed by atoms with Gasteiger partial charge in [-0.15, -0.1) is 24.8 Å². The molecule has 20 heavy (non-hydrogen) atoms. The van der Waals surface area contributed by atoms with Crippen LogP contribution in [0.1, 0.15) is 35.9 Å². The molecular weight excluding hydrogens is 297 g/mol. The number of nitrogens with one attached hydrogen (secondary N) is 2. The zero-order chi connectivity index (χ0) is 13.0. The topological polar surface area (TPSA) is 54.0 Å². The van der Waals surface area contributed by atoms with Gasteiger partial charge in [0.05, 0.1) is 0 Å². The maximum atomic E-state index is 12.0. The van der Waals surface area contributed by atoms with Crippen LogP contribution in [-0.2, 0) is 0 Å². The number of aromatic nitrogens is 1. The summed E-state index contributed by atoms with van der Waals surface area (Å²) >= 11 is 0. The molecule has 1 fully saturated rings. The van der Waals surface area contributed by atoms with Crippen molar-refractivity contribution in [2.45, 2.75) is 26.7 Å². The summed E-state index contributed by atoms with van der Waals surface area (Å²) in [6.45, 7) is 6.86. The van der Waals surface area contributed by atoms with Crippen molar-refractivity contribution in [3.05, 3.63) is 29.6 Å². The van der Waals surface area contributed by atoms with Crippen molar-refractivity contribution in [3.8, 4) is 0 Å². The van der Waals surface area contributed by atoms with Crippen LogP contribution in [0.2, 0.25) is 0 Å². The van der Waals surface area contributed by atoms with Crippen molar-refractivity contribution in [1.82, 2.24) is 15.6 Å². The minimum Gasteiger partial charge on any atom is -0.350 e. The number of nitrogens with zero attached hydrogens (tertiary/aromatic N) is 1. The first-order valence-corrected chi connectivity index (χ1v) is 6.52. The Balaban J connectivity index is 0.00000180. The number of aryl methyl sites for hydroxylation is 1. The molecule has 1 unspecified atom stereocenters. The monoisotopic (exact) mass is 319 g/mol. The van der Waals surface area contributed by atoms with E-state index in [9.17, 15) is 4.79 Å². The van der Waals surface area contributed by atoms with Gasteiger partial charge in [-0.3, -0.25) is 4.79 Å². The molecule has 0 aliphatic carbocycles. The lowest BCUT2D eigenvalue weighted by Gasteiger charge is -2.34. The summed E-state index contributed by atoms with van der Waals surface area (Å²) in [5.41, 5.74) is 1.54. The van der Waals surface area contributed by atoms with Gasteiger partial charge in [0.1, 0.15) is 5.69 Å². The largest absolute Gasteiger partial charge is 0.350 e. The van der Waals surface area contributed by atoms with Crippen LogP contribution in [0.15, 0.2) is 18.2 Å². The van der Waals surface area contributed by atoms with Crippen LogP contribution < -0.4 is 10.6 Å². The summed E-state index contributed by atoms with van der Waals surface area (Å²) in [6.07, 6.45) is 2.33. The molecule has 2 rings (SSSR count). The standard InChI is InChI=1S/C14H21N3O.2ClH/c1-11-5-3-6-12(17-11)13(18)16-10-14(2)7-4-8-15-9-14;;/h3,5-6,15H,4,7-10H2,1-2H3,(H,16,18);2*1H. The maximum Gasteiger partial charge on any atom is 0.269 e. The summed E-state index contributed by atoms with van der Waals surface area (Å²) < 4.78 is 0. The molecule has 1 aromatic rings. The number of piperidine rings is 1. The molecule has 1 atom stereocenters. The molecular formula is C14H23Cl2N3O. The highest BCUT2D eigenvalue weighted by Gasteiger charge is 2.27. The molecule has 114 valence electrons. The Morgan fingerprint density at radius 3 is 2.80 bits per heavy atom. The van der Waals surface area contributed by atoms with Crippen LogP contribution in [0.5, 0.6) is 0 Å². The SMILES string of the molecule is Cc1cccc(C(=O)NCC2(C)CCCNC2)n1.Cl.Cl. The van der Waals surface area contributed by atoms with Gasteiger partial charge in [0.25, 0.3) is 5.91 Å². The van der Waals surface area contributed by atoms with E-state index in [1.807, 2.05) is 19.1 Å². The highest BCUT2D eigenvalue weighted by Crippen LogP contribution is 2.24. The van der Waals surface area contributed by atoms with Crippen LogP contribution >= 0.6 is 24.8 Å². The molecule has 2 heterocycles. The van der Waals surface area contributed by atoms with Gasteiger partial charge < -0.3 is 10.6 Å². The molecule has 0 spiro atoms. The summed E-state index contributed by atoms with van der Waals surface area (Å²) in [5.74, 6) is -0.0782. The van der Waals surface area contributed by atoms with Gasteiger partial charge in [-0.2, -0.15) is 0 Å². The van der Waals surface area contributed by atoms with Crippen LogP contribution in [0.3, 0.4) is 0 Å². The molecule has 1 saturated heterocycles. The lowest BCUT2D eigenvalue weighted by Crippen LogP contribution is -2.45. The van der Waals surface area contributed by atoms with Crippen LogP contribution in [0.25, 0.3) is 0 Å². The lowest BCUT2D eigenvalue weighted by molar-refractivity contribution is 0.0919. The number of amides is 1. The van der Waals surface area contributed by atoms with Crippen molar-refractivity contribution >= 4 is 30.7 Å². The van der Waals surface area contributed by atoms with Crippen molar-refractivity contribution in [1.29, 1.82) is 0 Å². The summed E-state index contributed by atoms with van der Waals surface area (Å²) in [5, 5.41) is 6.38. The molecule has 2 N–H and O–H groups in total. The molecule has 0 radical (unpaired) electrons. The molecule has 6 heteroatoms. The molecule has 0 saturated carbocycles. The Kier molecular flexibility index (Phi) is 8.09. The van der Waals surface area contributed by atoms with Gasteiger partial charge in [0.2, 0.25) is 0 Å². The smallest absolute Gasteiger partial charge is 0.269 e. The molecule has 1 aromatic heterocycles. The van der Waals surface area contributed by atoms with Gasteiger partial charge in [0.15, 0.2) is 0 Å². The third-order valence-corrected chi connectivity index (χ3v) is 3.48. The van der Waals surface area contributed by atoms with Crippen molar-refractivity contribution < 1.29 is 4.79 Å². The summed E-state index contributed by atoms with van der Waals surface area (Å²) in [4.78, 5) is 16.2. The van der Waals surface area contributed by atoms with E-state index in [0.29, 0.717) is 12.2 Å². The fourth-order valence-electron chi connectivity index (χ4n) is 2.32.